The summed E-state index contributed by atoms with van der Waals surface area (Å²) in [4.78, 5) is 6.70. The van der Waals surface area contributed by atoms with Crippen molar-refractivity contribution in [3.05, 3.63) is 23.9 Å². The molecule has 0 bridgehead atoms. The van der Waals surface area contributed by atoms with Gasteiger partial charge in [-0.25, -0.2) is 4.98 Å². The molecule has 0 radical (unpaired) electrons. The van der Waals surface area contributed by atoms with Gasteiger partial charge in [-0.2, -0.15) is 0 Å². The summed E-state index contributed by atoms with van der Waals surface area (Å²) in [5.74, 6) is 1.46. The minimum absolute atomic E-state index is 0.693. The number of hydrogen-bond acceptors (Lipinski definition) is 3. The summed E-state index contributed by atoms with van der Waals surface area (Å²) in [6.45, 7) is 5.33. The molecule has 0 atom stereocenters. The van der Waals surface area contributed by atoms with Gasteiger partial charge in [-0.1, -0.05) is 13.0 Å². The summed E-state index contributed by atoms with van der Waals surface area (Å²) in [5, 5.41) is 0. The highest BCUT2D eigenvalue weighted by Crippen LogP contribution is 2.17. The van der Waals surface area contributed by atoms with Gasteiger partial charge in [-0.05, 0) is 50.9 Å². The number of aryl methyl sites for hydroxylation is 1. The summed E-state index contributed by atoms with van der Waals surface area (Å²) in [5.41, 5.74) is 1.26. The maximum atomic E-state index is 5.75. The molecule has 94 valence electrons. The van der Waals surface area contributed by atoms with Crippen LogP contribution in [0.1, 0.15) is 25.3 Å². The van der Waals surface area contributed by atoms with E-state index < -0.39 is 0 Å². The zero-order valence-corrected chi connectivity index (χ0v) is 10.9. The van der Waals surface area contributed by atoms with Crippen LogP contribution in [-0.2, 0) is 6.42 Å². The molecule has 1 aromatic heterocycles. The van der Waals surface area contributed by atoms with Crippen LogP contribution >= 0.6 is 0 Å². The van der Waals surface area contributed by atoms with Crippen LogP contribution < -0.4 is 4.74 Å². The first-order chi connectivity index (χ1) is 8.28. The van der Waals surface area contributed by atoms with Crippen molar-refractivity contribution in [3.8, 4) is 5.88 Å². The molecule has 0 unspecified atom stereocenters. The van der Waals surface area contributed by atoms with Crippen molar-refractivity contribution in [2.75, 3.05) is 26.7 Å². The van der Waals surface area contributed by atoms with Crippen LogP contribution in [0, 0.1) is 5.92 Å². The van der Waals surface area contributed by atoms with Crippen molar-refractivity contribution in [1.82, 2.24) is 9.88 Å². The van der Waals surface area contributed by atoms with Gasteiger partial charge in [0, 0.05) is 12.3 Å². The van der Waals surface area contributed by atoms with Crippen LogP contribution in [0.25, 0.3) is 0 Å². The number of pyridine rings is 1. The fourth-order valence-corrected chi connectivity index (χ4v) is 2.14. The SMILES string of the molecule is CCc1ccc(OCC2CCN(C)CC2)nc1. The molecule has 0 aliphatic carbocycles. The lowest BCUT2D eigenvalue weighted by Gasteiger charge is -2.28. The third kappa shape index (κ3) is 3.70. The molecule has 0 spiro atoms. The number of likely N-dealkylation sites (tertiary alicyclic amines) is 1. The number of nitrogens with zero attached hydrogens (tertiary/aromatic N) is 2. The maximum Gasteiger partial charge on any atom is 0.213 e. The smallest absolute Gasteiger partial charge is 0.213 e. The van der Waals surface area contributed by atoms with Crippen molar-refractivity contribution >= 4 is 0 Å². The molecular formula is C14H22N2O. The Morgan fingerprint density at radius 2 is 2.12 bits per heavy atom. The lowest BCUT2D eigenvalue weighted by molar-refractivity contribution is 0.157. The lowest BCUT2D eigenvalue weighted by Crippen LogP contribution is -2.32. The average molecular weight is 234 g/mol. The van der Waals surface area contributed by atoms with E-state index in [2.05, 4.69) is 29.9 Å². The van der Waals surface area contributed by atoms with E-state index in [9.17, 15) is 0 Å². The summed E-state index contributed by atoms with van der Waals surface area (Å²) in [6, 6.07) is 4.07. The van der Waals surface area contributed by atoms with Gasteiger partial charge in [-0.3, -0.25) is 0 Å². The Hall–Kier alpha value is -1.09. The molecule has 1 aliphatic heterocycles. The van der Waals surface area contributed by atoms with Crippen molar-refractivity contribution in [2.24, 2.45) is 5.92 Å². The van der Waals surface area contributed by atoms with Crippen LogP contribution in [-0.4, -0.2) is 36.6 Å². The maximum absolute atomic E-state index is 5.75. The van der Waals surface area contributed by atoms with Gasteiger partial charge < -0.3 is 9.64 Å². The van der Waals surface area contributed by atoms with E-state index >= 15 is 0 Å². The predicted molar refractivity (Wildman–Crippen MR) is 69.3 cm³/mol. The fraction of sp³-hybridized carbons (Fsp3) is 0.643. The van der Waals surface area contributed by atoms with Crippen molar-refractivity contribution in [1.29, 1.82) is 0 Å². The van der Waals surface area contributed by atoms with Crippen molar-refractivity contribution in [2.45, 2.75) is 26.2 Å². The highest BCUT2D eigenvalue weighted by molar-refractivity contribution is 5.17. The highest BCUT2D eigenvalue weighted by Gasteiger charge is 2.17. The Balaban J connectivity index is 1.77. The first kappa shape index (κ1) is 12.4. The van der Waals surface area contributed by atoms with E-state index in [0.29, 0.717) is 5.92 Å². The number of piperidine rings is 1. The van der Waals surface area contributed by atoms with E-state index in [1.54, 1.807) is 0 Å². The molecule has 2 rings (SSSR count). The minimum atomic E-state index is 0.693. The van der Waals surface area contributed by atoms with Gasteiger partial charge in [0.2, 0.25) is 5.88 Å². The number of aromatic nitrogens is 1. The highest BCUT2D eigenvalue weighted by atomic mass is 16.5. The van der Waals surface area contributed by atoms with E-state index in [1.807, 2.05) is 12.3 Å². The lowest BCUT2D eigenvalue weighted by atomic mass is 9.98. The summed E-state index contributed by atoms with van der Waals surface area (Å²) in [6.07, 6.45) is 5.42. The van der Waals surface area contributed by atoms with Gasteiger partial charge in [-0.15, -0.1) is 0 Å². The molecule has 0 N–H and O–H groups in total. The quantitative estimate of drug-likeness (QED) is 0.799. The second-order valence-corrected chi connectivity index (χ2v) is 4.92. The molecular weight excluding hydrogens is 212 g/mol. The molecule has 1 aromatic rings. The van der Waals surface area contributed by atoms with Gasteiger partial charge in [0.1, 0.15) is 0 Å². The normalized spacial score (nSPS) is 18.2. The van der Waals surface area contributed by atoms with Gasteiger partial charge in [0.25, 0.3) is 0 Å². The first-order valence-electron chi connectivity index (χ1n) is 6.54. The fourth-order valence-electron chi connectivity index (χ4n) is 2.14. The predicted octanol–water partition coefficient (Wildman–Crippen LogP) is 2.36. The van der Waals surface area contributed by atoms with Crippen LogP contribution in [0.2, 0.25) is 0 Å². The zero-order chi connectivity index (χ0) is 12.1. The molecule has 2 heterocycles. The van der Waals surface area contributed by atoms with Crippen LogP contribution in [0.15, 0.2) is 18.3 Å². The average Bonchev–Trinajstić information content (AvgIpc) is 2.39. The Morgan fingerprint density at radius 3 is 2.71 bits per heavy atom. The molecule has 0 saturated carbocycles. The van der Waals surface area contributed by atoms with Gasteiger partial charge in [0.15, 0.2) is 0 Å². The van der Waals surface area contributed by atoms with E-state index in [-0.39, 0.29) is 0 Å². The van der Waals surface area contributed by atoms with E-state index in [4.69, 9.17) is 4.74 Å². The third-order valence-corrected chi connectivity index (χ3v) is 3.51. The molecule has 17 heavy (non-hydrogen) atoms. The van der Waals surface area contributed by atoms with Crippen molar-refractivity contribution in [3.63, 3.8) is 0 Å². The Morgan fingerprint density at radius 1 is 1.35 bits per heavy atom. The number of hydrogen-bond donors (Lipinski definition) is 0. The third-order valence-electron chi connectivity index (χ3n) is 3.51. The monoisotopic (exact) mass is 234 g/mol. The second kappa shape index (κ2) is 6.01. The first-order valence-corrected chi connectivity index (χ1v) is 6.54. The van der Waals surface area contributed by atoms with Crippen LogP contribution in [0.3, 0.4) is 0 Å². The second-order valence-electron chi connectivity index (χ2n) is 4.92. The molecule has 1 aliphatic rings. The summed E-state index contributed by atoms with van der Waals surface area (Å²) in [7, 11) is 2.18. The molecule has 1 saturated heterocycles. The molecule has 0 aromatic carbocycles. The molecule has 1 fully saturated rings. The summed E-state index contributed by atoms with van der Waals surface area (Å²) < 4.78 is 5.75. The van der Waals surface area contributed by atoms with Crippen LogP contribution in [0.5, 0.6) is 5.88 Å². The van der Waals surface area contributed by atoms with Crippen LogP contribution in [0.4, 0.5) is 0 Å². The Bertz CT molecular complexity index is 329. The van der Waals surface area contributed by atoms with Crippen molar-refractivity contribution < 1.29 is 4.74 Å². The minimum Gasteiger partial charge on any atom is -0.477 e. The Kier molecular flexibility index (Phi) is 4.37. The largest absolute Gasteiger partial charge is 0.477 e. The number of ether oxygens (including phenoxy) is 1. The summed E-state index contributed by atoms with van der Waals surface area (Å²) >= 11 is 0. The molecule has 0 amide bonds. The van der Waals surface area contributed by atoms with Gasteiger partial charge >= 0.3 is 0 Å². The number of rotatable bonds is 4. The molecule has 3 nitrogen and oxygen atoms in total. The van der Waals surface area contributed by atoms with E-state index in [1.165, 1.54) is 31.5 Å². The standard InChI is InChI=1S/C14H22N2O/c1-3-12-4-5-14(15-10-12)17-11-13-6-8-16(2)9-7-13/h4-5,10,13H,3,6-9,11H2,1-2H3. The molecule has 3 heteroatoms. The topological polar surface area (TPSA) is 25.4 Å². The Labute approximate surface area is 104 Å². The van der Waals surface area contributed by atoms with E-state index in [0.717, 1.165) is 18.9 Å². The zero-order valence-electron chi connectivity index (χ0n) is 10.9. The van der Waals surface area contributed by atoms with Gasteiger partial charge in [0.05, 0.1) is 6.61 Å².